The van der Waals surface area contributed by atoms with E-state index in [1.54, 1.807) is 0 Å². The molecule has 4 aromatic carbocycles. The van der Waals surface area contributed by atoms with Crippen LogP contribution in [0.25, 0.3) is 28.4 Å². The Morgan fingerprint density at radius 1 is 0.539 bits per heavy atom. The van der Waals surface area contributed by atoms with Gasteiger partial charge in [0.2, 0.25) is 18.3 Å². The van der Waals surface area contributed by atoms with Gasteiger partial charge in [0.1, 0.15) is 97.2 Å². The molecule has 408 valence electrons. The van der Waals surface area contributed by atoms with E-state index >= 15 is 0 Å². The van der Waals surface area contributed by atoms with E-state index in [4.69, 9.17) is 42.3 Å². The molecule has 0 radical (unpaired) electrons. The SMILES string of the molecule is O=C(C=Cc1ccc(O)c(O)c1)OC[C@H]1O[C@@H](Oc2cc3c(O[C@@H]4O[C@H](CO)[C@@H](O)[C@H](O)[C@H]4O)cc(O)cc3[o+]c2-c2ccc(O)c(O)c2)[C@H](O[C@@H]2O[C@H](COC(=O)c3ccc(O)c(O)c3)[C@@H](O)[C@H](O)[C@H]2O)[C@@H](O)[C@@H]1O. The number of hydrogen-bond donors (Lipinski definition) is 16. The van der Waals surface area contributed by atoms with Gasteiger partial charge in [0.25, 0.3) is 0 Å². The van der Waals surface area contributed by atoms with Crippen molar-refractivity contribution in [2.45, 2.75) is 92.1 Å². The smallest absolute Gasteiger partial charge is 0.402 e. The lowest BCUT2D eigenvalue weighted by Crippen LogP contribution is -2.65. The molecule has 1 aromatic heterocycles. The fourth-order valence-corrected chi connectivity index (χ4v) is 8.15. The predicted octanol–water partition coefficient (Wildman–Crippen LogP) is -1.37. The molecule has 0 aliphatic carbocycles. The van der Waals surface area contributed by atoms with Crippen molar-refractivity contribution in [3.8, 4) is 63.1 Å². The Kier molecular flexibility index (Phi) is 16.5. The minimum atomic E-state index is -2.20. The number of hydrogen-bond acceptors (Lipinski definition) is 26. The summed E-state index contributed by atoms with van der Waals surface area (Å²) >= 11 is 0. The highest BCUT2D eigenvalue weighted by Gasteiger charge is 2.53. The summed E-state index contributed by atoms with van der Waals surface area (Å²) in [6.45, 7) is -2.53. The van der Waals surface area contributed by atoms with Crippen molar-refractivity contribution in [2.75, 3.05) is 19.8 Å². The van der Waals surface area contributed by atoms with E-state index in [0.29, 0.717) is 0 Å². The Bertz CT molecular complexity index is 2930. The van der Waals surface area contributed by atoms with Gasteiger partial charge in [0, 0.05) is 24.3 Å². The molecule has 3 aliphatic rings. The fraction of sp³-hybridized carbons (Fsp3) is 0.367. The van der Waals surface area contributed by atoms with Crippen molar-refractivity contribution in [1.82, 2.24) is 0 Å². The van der Waals surface area contributed by atoms with Crippen molar-refractivity contribution < 1.29 is 134 Å². The van der Waals surface area contributed by atoms with Gasteiger partial charge in [-0.2, -0.15) is 0 Å². The zero-order valence-electron chi connectivity index (χ0n) is 39.0. The largest absolute Gasteiger partial charge is 0.507 e. The maximum absolute atomic E-state index is 12.9. The molecule has 5 aromatic rings. The maximum Gasteiger partial charge on any atom is 0.402 e. The second-order valence-corrected chi connectivity index (χ2v) is 17.6. The molecule has 4 heterocycles. The third-order valence-corrected chi connectivity index (χ3v) is 12.4. The molecule has 0 unspecified atom stereocenters. The molecule has 16 N–H and O–H groups in total. The first-order chi connectivity index (χ1) is 36.1. The van der Waals surface area contributed by atoms with Gasteiger partial charge in [-0.15, -0.1) is 0 Å². The standard InChI is InChI=1S/C49H50O27/c50-15-32-36(59)39(62)42(65)47(73-32)71-30-13-21(51)12-29-22(30)14-31(44(70-29)19-3-6-24(53)27(56)10-19)72-49-45(41(64)38(61)33(75-49)16-68-35(58)8-2-18-1-5-23(52)26(55)9-18)76-48-43(66)40(63)37(60)34(74-48)17-69-46(67)20-4-7-25(54)28(57)11-20/h1-14,32-34,36-43,45,47-50,59-66H,15-17H2,(H6-,51,52,53,54,55,56,57,58,67)/p+1/t32-,33-,34-,36-,37-,38-,39+,40+,41+,42-,43-,45-,47-,48+,49-/m1/s1. The molecule has 27 heteroatoms. The van der Waals surface area contributed by atoms with Crippen LogP contribution in [0.15, 0.2) is 83.3 Å². The molecule has 0 spiro atoms. The Labute approximate surface area is 426 Å². The summed E-state index contributed by atoms with van der Waals surface area (Å²) in [6.07, 6.45) is -27.1. The fourth-order valence-electron chi connectivity index (χ4n) is 8.15. The van der Waals surface area contributed by atoms with E-state index in [-0.39, 0.29) is 39.2 Å². The summed E-state index contributed by atoms with van der Waals surface area (Å²) in [5.41, 5.74) is -0.305. The van der Waals surface area contributed by atoms with E-state index in [1.165, 1.54) is 18.2 Å². The van der Waals surface area contributed by atoms with Crippen molar-refractivity contribution in [3.05, 3.63) is 90.0 Å². The first-order valence-electron chi connectivity index (χ1n) is 22.8. The summed E-state index contributed by atoms with van der Waals surface area (Å²) in [5.74, 6) is -7.28. The lowest BCUT2D eigenvalue weighted by Gasteiger charge is -2.45. The molecule has 0 saturated carbocycles. The van der Waals surface area contributed by atoms with E-state index < -0.39 is 170 Å². The summed E-state index contributed by atoms with van der Waals surface area (Å²) in [5, 5.41) is 168. The third-order valence-electron chi connectivity index (χ3n) is 12.4. The Morgan fingerprint density at radius 2 is 1.11 bits per heavy atom. The lowest BCUT2D eigenvalue weighted by atomic mass is 9.97. The Morgan fingerprint density at radius 3 is 1.76 bits per heavy atom. The normalized spacial score (nSPS) is 29.7. The van der Waals surface area contributed by atoms with Crippen LogP contribution >= 0.6 is 0 Å². The number of carbonyl (C=O) groups is 2. The lowest BCUT2D eigenvalue weighted by molar-refractivity contribution is -0.357. The summed E-state index contributed by atoms with van der Waals surface area (Å²) in [4.78, 5) is 25.8. The number of phenolic OH excluding ortho intramolecular Hbond substituents is 7. The van der Waals surface area contributed by atoms with Crippen LogP contribution in [0, 0.1) is 0 Å². The van der Waals surface area contributed by atoms with Crippen molar-refractivity contribution >= 4 is 29.0 Å². The summed E-state index contributed by atoms with van der Waals surface area (Å²) in [6, 6.07) is 13.2. The molecule has 76 heavy (non-hydrogen) atoms. The molecule has 15 atom stereocenters. The second kappa shape index (κ2) is 22.9. The zero-order chi connectivity index (χ0) is 54.9. The number of benzene rings is 4. The number of rotatable bonds is 15. The van der Waals surface area contributed by atoms with Gasteiger partial charge in [0.15, 0.2) is 46.9 Å². The van der Waals surface area contributed by atoms with Crippen LogP contribution in [0.2, 0.25) is 0 Å². The number of fused-ring (bicyclic) bond motifs is 1. The minimum absolute atomic E-state index is 0.0666. The minimum Gasteiger partial charge on any atom is -0.507 e. The molecular weight excluding hydrogens is 1020 g/mol. The number of aliphatic hydroxyl groups excluding tert-OH is 9. The average molecular weight is 1070 g/mol. The number of esters is 2. The zero-order valence-corrected chi connectivity index (χ0v) is 39.0. The van der Waals surface area contributed by atoms with Crippen molar-refractivity contribution in [2.24, 2.45) is 0 Å². The van der Waals surface area contributed by atoms with Crippen LogP contribution < -0.4 is 9.47 Å². The number of aliphatic hydroxyl groups is 9. The first kappa shape index (κ1) is 54.9. The van der Waals surface area contributed by atoms with Crippen molar-refractivity contribution in [3.63, 3.8) is 0 Å². The Balaban J connectivity index is 1.15. The molecule has 0 amide bonds. The molecule has 3 saturated heterocycles. The molecule has 3 aliphatic heterocycles. The van der Waals surface area contributed by atoms with Crippen LogP contribution in [0.1, 0.15) is 15.9 Å². The third kappa shape index (κ3) is 11.7. The monoisotopic (exact) mass is 1070 g/mol. The van der Waals surface area contributed by atoms with E-state index in [0.717, 1.165) is 66.7 Å². The highest BCUT2D eigenvalue weighted by molar-refractivity contribution is 5.90. The maximum atomic E-state index is 12.9. The van der Waals surface area contributed by atoms with Crippen LogP contribution in [-0.4, -0.2) is 206 Å². The quantitative estimate of drug-likeness (QED) is 0.0249. The Hall–Kier alpha value is -7.35. The molecule has 0 bridgehead atoms. The number of phenols is 7. The van der Waals surface area contributed by atoms with Gasteiger partial charge in [-0.1, -0.05) is 6.07 Å². The van der Waals surface area contributed by atoms with Crippen LogP contribution in [-0.2, 0) is 33.2 Å². The summed E-state index contributed by atoms with van der Waals surface area (Å²) < 4.78 is 52.3. The van der Waals surface area contributed by atoms with E-state index in [9.17, 15) is 91.3 Å². The van der Waals surface area contributed by atoms with Gasteiger partial charge in [0.05, 0.1) is 23.8 Å². The molecule has 3 fully saturated rings. The van der Waals surface area contributed by atoms with Gasteiger partial charge >= 0.3 is 23.3 Å². The molecule has 8 rings (SSSR count). The van der Waals surface area contributed by atoms with Gasteiger partial charge in [-0.25, -0.2) is 14.0 Å². The molecule has 27 nitrogen and oxygen atoms in total. The van der Waals surface area contributed by atoms with Crippen molar-refractivity contribution in [1.29, 1.82) is 0 Å². The first-order valence-corrected chi connectivity index (χ1v) is 22.8. The van der Waals surface area contributed by atoms with Gasteiger partial charge in [-0.05, 0) is 54.1 Å². The summed E-state index contributed by atoms with van der Waals surface area (Å²) in [7, 11) is 0. The predicted molar refractivity (Wildman–Crippen MR) is 248 cm³/mol. The van der Waals surface area contributed by atoms with E-state index in [1.807, 2.05) is 0 Å². The van der Waals surface area contributed by atoms with Crippen LogP contribution in [0.3, 0.4) is 0 Å². The van der Waals surface area contributed by atoms with Gasteiger partial charge in [-0.3, -0.25) is 0 Å². The highest BCUT2D eigenvalue weighted by atomic mass is 16.8. The van der Waals surface area contributed by atoms with Gasteiger partial charge < -0.3 is 120 Å². The highest BCUT2D eigenvalue weighted by Crippen LogP contribution is 2.44. The van der Waals surface area contributed by atoms with E-state index in [2.05, 4.69) is 0 Å². The second-order valence-electron chi connectivity index (χ2n) is 17.6. The number of aromatic hydroxyl groups is 7. The van der Waals surface area contributed by atoms with Crippen LogP contribution in [0.4, 0.5) is 0 Å². The molecular formula is C49H51O27+. The number of carbonyl (C=O) groups excluding carboxylic acids is 2. The number of ether oxygens (including phenoxy) is 8. The topological polar surface area (TPSA) is 443 Å². The van der Waals surface area contributed by atoms with Crippen LogP contribution in [0.5, 0.6) is 51.7 Å². The average Bonchev–Trinajstić information content (AvgIpc) is 3.40.